The second-order valence-electron chi connectivity index (χ2n) is 3.14. The van der Waals surface area contributed by atoms with E-state index in [1.807, 2.05) is 6.92 Å². The van der Waals surface area contributed by atoms with Gasteiger partial charge in [-0.1, -0.05) is 19.8 Å². The summed E-state index contributed by atoms with van der Waals surface area (Å²) in [7, 11) is 1.23. The Bertz CT molecular complexity index is 210. The van der Waals surface area contributed by atoms with E-state index in [2.05, 4.69) is 4.74 Å². The molecule has 0 aromatic carbocycles. The predicted molar refractivity (Wildman–Crippen MR) is 61.0 cm³/mol. The molecular weight excluding hydrogens is 266 g/mol. The highest BCUT2D eigenvalue weighted by molar-refractivity contribution is 8.93. The van der Waals surface area contributed by atoms with Gasteiger partial charge in [-0.2, -0.15) is 0 Å². The van der Waals surface area contributed by atoms with Crippen LogP contribution >= 0.6 is 17.0 Å². The van der Waals surface area contributed by atoms with Crippen molar-refractivity contribution >= 4 is 28.9 Å². The Morgan fingerprint density at radius 1 is 1.47 bits per heavy atom. The summed E-state index contributed by atoms with van der Waals surface area (Å²) in [6.45, 7) is 1.96. The minimum absolute atomic E-state index is 0. The molecule has 3 N–H and O–H groups in total. The number of ether oxygens (including phenoxy) is 1. The Morgan fingerprint density at radius 3 is 2.33 bits per heavy atom. The average molecular weight is 284 g/mol. The van der Waals surface area contributed by atoms with Crippen molar-refractivity contribution in [2.24, 2.45) is 11.7 Å². The van der Waals surface area contributed by atoms with Crippen LogP contribution in [-0.4, -0.2) is 30.2 Å². The molecular formula is C9H18BrNO4. The highest BCUT2D eigenvalue weighted by atomic mass is 79.9. The summed E-state index contributed by atoms with van der Waals surface area (Å²) in [6.07, 6.45) is 2.11. The first kappa shape index (κ1) is 16.8. The van der Waals surface area contributed by atoms with Gasteiger partial charge >= 0.3 is 11.9 Å². The lowest BCUT2D eigenvalue weighted by Crippen LogP contribution is -2.42. The lowest BCUT2D eigenvalue weighted by molar-refractivity contribution is -0.152. The van der Waals surface area contributed by atoms with E-state index in [9.17, 15) is 9.59 Å². The standard InChI is InChI=1S/C9H17NO4.BrH/c1-3-4-5-6(9(13)14-2)7(10)8(11)12;/h6-7H,3-5,10H2,1-2H3,(H,11,12);1H/t6-,7-;/m0./s1. The molecule has 0 aliphatic rings. The van der Waals surface area contributed by atoms with Crippen LogP contribution in [0, 0.1) is 5.92 Å². The Hall–Kier alpha value is -0.620. The first-order valence-corrected chi connectivity index (χ1v) is 4.60. The van der Waals surface area contributed by atoms with Crippen molar-refractivity contribution in [3.05, 3.63) is 0 Å². The number of carbonyl (C=O) groups is 2. The maximum absolute atomic E-state index is 11.2. The highest BCUT2D eigenvalue weighted by Gasteiger charge is 2.30. The van der Waals surface area contributed by atoms with Crippen LogP contribution in [0.1, 0.15) is 26.2 Å². The zero-order valence-corrected chi connectivity index (χ0v) is 10.6. The molecule has 0 aliphatic carbocycles. The Morgan fingerprint density at radius 2 is 2.00 bits per heavy atom. The van der Waals surface area contributed by atoms with Crippen LogP contribution < -0.4 is 5.73 Å². The van der Waals surface area contributed by atoms with E-state index in [-0.39, 0.29) is 17.0 Å². The molecule has 0 heterocycles. The fourth-order valence-corrected chi connectivity index (χ4v) is 1.19. The lowest BCUT2D eigenvalue weighted by atomic mass is 9.94. The Balaban J connectivity index is 0. The molecule has 0 fully saturated rings. The number of aliphatic carboxylic acids is 1. The molecule has 0 saturated heterocycles. The van der Waals surface area contributed by atoms with E-state index in [0.29, 0.717) is 6.42 Å². The molecule has 15 heavy (non-hydrogen) atoms. The van der Waals surface area contributed by atoms with Gasteiger partial charge in [-0.25, -0.2) is 0 Å². The van der Waals surface area contributed by atoms with Crippen LogP contribution in [0.4, 0.5) is 0 Å². The summed E-state index contributed by atoms with van der Waals surface area (Å²) in [5, 5.41) is 8.66. The third kappa shape index (κ3) is 5.74. The Labute approximate surface area is 99.7 Å². The van der Waals surface area contributed by atoms with Gasteiger partial charge < -0.3 is 15.6 Å². The van der Waals surface area contributed by atoms with Crippen molar-refractivity contribution in [1.29, 1.82) is 0 Å². The second kappa shape index (κ2) is 8.67. The van der Waals surface area contributed by atoms with Crippen LogP contribution in [0.3, 0.4) is 0 Å². The fraction of sp³-hybridized carbons (Fsp3) is 0.778. The summed E-state index contributed by atoms with van der Waals surface area (Å²) >= 11 is 0. The van der Waals surface area contributed by atoms with Crippen molar-refractivity contribution in [2.75, 3.05) is 7.11 Å². The van der Waals surface area contributed by atoms with Crippen LogP contribution in [0.5, 0.6) is 0 Å². The molecule has 0 unspecified atom stereocenters. The summed E-state index contributed by atoms with van der Waals surface area (Å²) in [4.78, 5) is 21.8. The van der Waals surface area contributed by atoms with Gasteiger partial charge in [-0.05, 0) is 6.42 Å². The third-order valence-corrected chi connectivity index (χ3v) is 2.09. The van der Waals surface area contributed by atoms with Gasteiger partial charge in [0.2, 0.25) is 0 Å². The van der Waals surface area contributed by atoms with Crippen LogP contribution in [0.2, 0.25) is 0 Å². The third-order valence-electron chi connectivity index (χ3n) is 2.09. The van der Waals surface area contributed by atoms with Crippen molar-refractivity contribution in [1.82, 2.24) is 0 Å². The largest absolute Gasteiger partial charge is 0.480 e. The quantitative estimate of drug-likeness (QED) is 0.709. The Kier molecular flexibility index (Phi) is 9.71. The molecule has 0 spiro atoms. The van der Waals surface area contributed by atoms with Gasteiger partial charge in [0.25, 0.3) is 0 Å². The van der Waals surface area contributed by atoms with E-state index in [1.54, 1.807) is 0 Å². The fourth-order valence-electron chi connectivity index (χ4n) is 1.19. The van der Waals surface area contributed by atoms with Gasteiger partial charge in [-0.3, -0.25) is 9.59 Å². The highest BCUT2D eigenvalue weighted by Crippen LogP contribution is 2.13. The monoisotopic (exact) mass is 283 g/mol. The van der Waals surface area contributed by atoms with E-state index in [1.165, 1.54) is 7.11 Å². The maximum atomic E-state index is 11.2. The number of carboxylic acid groups (broad SMARTS) is 1. The molecule has 0 radical (unpaired) electrons. The molecule has 90 valence electrons. The SMILES string of the molecule is Br.CCCC[C@H](C(=O)OC)[C@H](N)C(=O)O. The maximum Gasteiger partial charge on any atom is 0.321 e. The number of hydrogen-bond acceptors (Lipinski definition) is 4. The molecule has 0 saturated carbocycles. The molecule has 0 bridgehead atoms. The molecule has 0 aromatic heterocycles. The van der Waals surface area contributed by atoms with Crippen molar-refractivity contribution in [3.8, 4) is 0 Å². The number of esters is 1. The molecule has 0 aliphatic heterocycles. The van der Waals surface area contributed by atoms with Crippen molar-refractivity contribution in [2.45, 2.75) is 32.2 Å². The first-order valence-electron chi connectivity index (χ1n) is 4.60. The van der Waals surface area contributed by atoms with Gasteiger partial charge in [0, 0.05) is 0 Å². The van der Waals surface area contributed by atoms with E-state index in [4.69, 9.17) is 10.8 Å². The van der Waals surface area contributed by atoms with Gasteiger partial charge in [0.1, 0.15) is 6.04 Å². The number of unbranched alkanes of at least 4 members (excludes halogenated alkanes) is 1. The average Bonchev–Trinajstić information content (AvgIpc) is 2.17. The normalized spacial score (nSPS) is 13.5. The number of rotatable bonds is 6. The molecule has 0 aromatic rings. The summed E-state index contributed by atoms with van der Waals surface area (Å²) in [5.41, 5.74) is 5.38. The lowest BCUT2D eigenvalue weighted by Gasteiger charge is -2.17. The molecule has 6 heteroatoms. The van der Waals surface area contributed by atoms with E-state index >= 15 is 0 Å². The molecule has 0 amide bonds. The minimum Gasteiger partial charge on any atom is -0.480 e. The van der Waals surface area contributed by atoms with Crippen molar-refractivity contribution < 1.29 is 19.4 Å². The topological polar surface area (TPSA) is 89.6 Å². The molecule has 0 rings (SSSR count). The number of hydrogen-bond donors (Lipinski definition) is 2. The molecule has 5 nitrogen and oxygen atoms in total. The van der Waals surface area contributed by atoms with Crippen LogP contribution in [0.15, 0.2) is 0 Å². The number of carbonyl (C=O) groups excluding carboxylic acids is 1. The van der Waals surface area contributed by atoms with Gasteiger partial charge in [0.15, 0.2) is 0 Å². The van der Waals surface area contributed by atoms with Gasteiger partial charge in [0.05, 0.1) is 13.0 Å². The number of halogens is 1. The smallest absolute Gasteiger partial charge is 0.321 e. The summed E-state index contributed by atoms with van der Waals surface area (Å²) < 4.78 is 4.50. The summed E-state index contributed by atoms with van der Waals surface area (Å²) in [5.74, 6) is -2.46. The minimum atomic E-state index is -1.17. The van der Waals surface area contributed by atoms with E-state index in [0.717, 1.165) is 12.8 Å². The van der Waals surface area contributed by atoms with Gasteiger partial charge in [-0.15, -0.1) is 17.0 Å². The first-order chi connectivity index (χ1) is 6.54. The zero-order chi connectivity index (χ0) is 11.1. The van der Waals surface area contributed by atoms with Crippen molar-refractivity contribution in [3.63, 3.8) is 0 Å². The number of nitrogens with two attached hydrogens (primary N) is 1. The zero-order valence-electron chi connectivity index (χ0n) is 8.93. The van der Waals surface area contributed by atoms with Crippen LogP contribution in [0.25, 0.3) is 0 Å². The molecule has 2 atom stereocenters. The second-order valence-corrected chi connectivity index (χ2v) is 3.14. The van der Waals surface area contributed by atoms with E-state index < -0.39 is 23.9 Å². The summed E-state index contributed by atoms with van der Waals surface area (Å²) in [6, 6.07) is -1.17. The van der Waals surface area contributed by atoms with Crippen LogP contribution in [-0.2, 0) is 14.3 Å². The number of carboxylic acids is 1. The predicted octanol–water partition coefficient (Wildman–Crippen LogP) is 0.956. The number of methoxy groups -OCH3 is 1.